The molecule has 0 unspecified atom stereocenters. The van der Waals surface area contributed by atoms with E-state index in [0.29, 0.717) is 10.8 Å². The van der Waals surface area contributed by atoms with Crippen LogP contribution in [0.4, 0.5) is 5.69 Å². The predicted molar refractivity (Wildman–Crippen MR) is 68.0 cm³/mol. The first-order valence-corrected chi connectivity index (χ1v) is 7.56. The molecule has 3 nitrogen and oxygen atoms in total. The molecular weight excluding hydrogens is 246 g/mol. The number of benzene rings is 1. The minimum Gasteiger partial charge on any atom is -0.385 e. The van der Waals surface area contributed by atoms with E-state index in [1.807, 2.05) is 0 Å². The van der Waals surface area contributed by atoms with Crippen LogP contribution in [0.25, 0.3) is 0 Å². The van der Waals surface area contributed by atoms with Crippen molar-refractivity contribution in [3.63, 3.8) is 0 Å². The van der Waals surface area contributed by atoms with E-state index in [1.165, 1.54) is 6.26 Å². The first kappa shape index (κ1) is 13.3. The van der Waals surface area contributed by atoms with Crippen LogP contribution in [0.1, 0.15) is 12.8 Å². The van der Waals surface area contributed by atoms with Crippen molar-refractivity contribution in [1.82, 2.24) is 0 Å². The molecule has 0 aliphatic carbocycles. The first-order valence-electron chi connectivity index (χ1n) is 5.14. The maximum Gasteiger partial charge on any atom is 0.175 e. The second kappa shape index (κ2) is 6.11. The van der Waals surface area contributed by atoms with Crippen LogP contribution < -0.4 is 5.32 Å². The van der Waals surface area contributed by atoms with Gasteiger partial charge in [0.05, 0.1) is 4.90 Å². The van der Waals surface area contributed by atoms with Crippen LogP contribution in [-0.2, 0) is 9.84 Å². The van der Waals surface area contributed by atoms with E-state index in [0.717, 1.165) is 25.1 Å². The Morgan fingerprint density at radius 1 is 1.19 bits per heavy atom. The highest BCUT2D eigenvalue weighted by Gasteiger charge is 2.05. The number of alkyl halides is 1. The molecule has 0 aliphatic rings. The van der Waals surface area contributed by atoms with Crippen LogP contribution in [0.5, 0.6) is 0 Å². The highest BCUT2D eigenvalue weighted by molar-refractivity contribution is 7.90. The molecule has 0 spiro atoms. The Morgan fingerprint density at radius 3 is 2.31 bits per heavy atom. The van der Waals surface area contributed by atoms with Crippen LogP contribution in [0, 0.1) is 0 Å². The molecule has 5 heteroatoms. The number of anilines is 1. The summed E-state index contributed by atoms with van der Waals surface area (Å²) in [6.07, 6.45) is 3.20. The van der Waals surface area contributed by atoms with Gasteiger partial charge in [-0.15, -0.1) is 11.6 Å². The number of rotatable bonds is 6. The van der Waals surface area contributed by atoms with Gasteiger partial charge in [-0.05, 0) is 37.1 Å². The molecule has 0 saturated carbocycles. The van der Waals surface area contributed by atoms with E-state index in [2.05, 4.69) is 5.32 Å². The monoisotopic (exact) mass is 261 g/mol. The summed E-state index contributed by atoms with van der Waals surface area (Å²) in [7, 11) is -3.09. The maximum atomic E-state index is 11.2. The molecule has 90 valence electrons. The van der Waals surface area contributed by atoms with Gasteiger partial charge in [-0.3, -0.25) is 0 Å². The number of sulfone groups is 1. The van der Waals surface area contributed by atoms with E-state index >= 15 is 0 Å². The molecule has 1 rings (SSSR count). The standard InChI is InChI=1S/C11H16ClNO2S/c1-16(14,15)11-6-4-10(5-7-11)13-9-3-2-8-12/h4-7,13H,2-3,8-9H2,1H3. The third-order valence-electron chi connectivity index (χ3n) is 2.17. The number of hydrogen-bond donors (Lipinski definition) is 1. The Labute approximate surface area is 102 Å². The fourth-order valence-electron chi connectivity index (χ4n) is 1.27. The Kier molecular flexibility index (Phi) is 5.09. The second-order valence-corrected chi connectivity index (χ2v) is 6.01. The highest BCUT2D eigenvalue weighted by Crippen LogP contribution is 2.13. The van der Waals surface area contributed by atoms with Gasteiger partial charge in [0.2, 0.25) is 0 Å². The smallest absolute Gasteiger partial charge is 0.175 e. The second-order valence-electron chi connectivity index (χ2n) is 3.62. The molecule has 1 aromatic rings. The number of hydrogen-bond acceptors (Lipinski definition) is 3. The topological polar surface area (TPSA) is 46.2 Å². The summed E-state index contributed by atoms with van der Waals surface area (Å²) in [6, 6.07) is 6.77. The van der Waals surface area contributed by atoms with E-state index in [-0.39, 0.29) is 0 Å². The zero-order valence-corrected chi connectivity index (χ0v) is 10.8. The van der Waals surface area contributed by atoms with Gasteiger partial charge in [0, 0.05) is 24.4 Å². The lowest BCUT2D eigenvalue weighted by Crippen LogP contribution is -2.02. The van der Waals surface area contributed by atoms with Gasteiger partial charge < -0.3 is 5.32 Å². The van der Waals surface area contributed by atoms with Gasteiger partial charge in [-0.25, -0.2) is 8.42 Å². The Hall–Kier alpha value is -0.740. The highest BCUT2D eigenvalue weighted by atomic mass is 35.5. The van der Waals surface area contributed by atoms with Crippen molar-refractivity contribution in [2.75, 3.05) is 24.0 Å². The molecule has 1 aromatic carbocycles. The number of halogens is 1. The van der Waals surface area contributed by atoms with Crippen molar-refractivity contribution in [2.24, 2.45) is 0 Å². The molecule has 1 N–H and O–H groups in total. The molecule has 0 bridgehead atoms. The Morgan fingerprint density at radius 2 is 1.81 bits per heavy atom. The van der Waals surface area contributed by atoms with Crippen molar-refractivity contribution >= 4 is 27.1 Å². The molecule has 0 fully saturated rings. The molecular formula is C11H16ClNO2S. The molecule has 0 aromatic heterocycles. The molecule has 0 aliphatic heterocycles. The zero-order valence-electron chi connectivity index (χ0n) is 9.24. The largest absolute Gasteiger partial charge is 0.385 e. The quantitative estimate of drug-likeness (QED) is 0.632. The fourth-order valence-corrected chi connectivity index (χ4v) is 2.09. The lowest BCUT2D eigenvalue weighted by Gasteiger charge is -2.06. The summed E-state index contributed by atoms with van der Waals surface area (Å²) in [6.45, 7) is 0.852. The molecule has 0 heterocycles. The summed E-state index contributed by atoms with van der Waals surface area (Å²) < 4.78 is 22.4. The third-order valence-corrected chi connectivity index (χ3v) is 3.57. The minimum atomic E-state index is -3.09. The molecule has 0 atom stereocenters. The van der Waals surface area contributed by atoms with Gasteiger partial charge in [0.15, 0.2) is 9.84 Å². The minimum absolute atomic E-state index is 0.346. The summed E-state index contributed by atoms with van der Waals surface area (Å²) in [4.78, 5) is 0.346. The van der Waals surface area contributed by atoms with Gasteiger partial charge in [0.25, 0.3) is 0 Å². The van der Waals surface area contributed by atoms with Crippen molar-refractivity contribution < 1.29 is 8.42 Å². The van der Waals surface area contributed by atoms with Crippen LogP contribution in [-0.4, -0.2) is 27.1 Å². The normalized spacial score (nSPS) is 11.4. The summed E-state index contributed by atoms with van der Waals surface area (Å²) in [5.41, 5.74) is 0.932. The molecule has 0 radical (unpaired) electrons. The van der Waals surface area contributed by atoms with Crippen molar-refractivity contribution in [3.05, 3.63) is 24.3 Å². The zero-order chi connectivity index (χ0) is 12.0. The van der Waals surface area contributed by atoms with Gasteiger partial charge >= 0.3 is 0 Å². The van der Waals surface area contributed by atoms with Crippen molar-refractivity contribution in [3.8, 4) is 0 Å². The van der Waals surface area contributed by atoms with Gasteiger partial charge in [-0.1, -0.05) is 0 Å². The molecule has 0 saturated heterocycles. The molecule has 16 heavy (non-hydrogen) atoms. The van der Waals surface area contributed by atoms with Crippen LogP contribution >= 0.6 is 11.6 Å². The van der Waals surface area contributed by atoms with Gasteiger partial charge in [-0.2, -0.15) is 0 Å². The Balaban J connectivity index is 2.52. The molecule has 0 amide bonds. The SMILES string of the molecule is CS(=O)(=O)c1ccc(NCCCCCl)cc1. The lowest BCUT2D eigenvalue weighted by molar-refractivity contribution is 0.602. The average Bonchev–Trinajstić information content (AvgIpc) is 2.24. The van der Waals surface area contributed by atoms with Crippen LogP contribution in [0.15, 0.2) is 29.2 Å². The summed E-state index contributed by atoms with van der Waals surface area (Å²) >= 11 is 5.56. The van der Waals surface area contributed by atoms with E-state index in [1.54, 1.807) is 24.3 Å². The Bertz CT molecular complexity index is 414. The summed E-state index contributed by atoms with van der Waals surface area (Å²) in [5, 5.41) is 3.20. The average molecular weight is 262 g/mol. The van der Waals surface area contributed by atoms with Crippen LogP contribution in [0.3, 0.4) is 0 Å². The van der Waals surface area contributed by atoms with E-state index < -0.39 is 9.84 Å². The van der Waals surface area contributed by atoms with Gasteiger partial charge in [0.1, 0.15) is 0 Å². The summed E-state index contributed by atoms with van der Waals surface area (Å²) in [5.74, 6) is 0.675. The van der Waals surface area contributed by atoms with Crippen molar-refractivity contribution in [2.45, 2.75) is 17.7 Å². The maximum absolute atomic E-state index is 11.2. The van der Waals surface area contributed by atoms with E-state index in [4.69, 9.17) is 11.6 Å². The lowest BCUT2D eigenvalue weighted by atomic mass is 10.3. The number of nitrogens with one attached hydrogen (secondary N) is 1. The first-order chi connectivity index (χ1) is 7.54. The third kappa shape index (κ3) is 4.41. The van der Waals surface area contributed by atoms with E-state index in [9.17, 15) is 8.42 Å². The predicted octanol–water partition coefficient (Wildman–Crippen LogP) is 2.52. The van der Waals surface area contributed by atoms with Crippen LogP contribution in [0.2, 0.25) is 0 Å². The van der Waals surface area contributed by atoms with Crippen molar-refractivity contribution in [1.29, 1.82) is 0 Å². The number of unbranched alkanes of at least 4 members (excludes halogenated alkanes) is 1. The fraction of sp³-hybridized carbons (Fsp3) is 0.455.